The number of hydrogen-bond acceptors (Lipinski definition) is 5. The van der Waals surface area contributed by atoms with Gasteiger partial charge in [-0.3, -0.25) is 4.79 Å². The fourth-order valence-electron chi connectivity index (χ4n) is 2.71. The molecule has 0 aliphatic heterocycles. The zero-order chi connectivity index (χ0) is 19.9. The number of esters is 1. The Morgan fingerprint density at radius 3 is 2.61 bits per heavy atom. The van der Waals surface area contributed by atoms with E-state index < -0.39 is 17.4 Å². The molecule has 0 amide bonds. The zero-order valence-corrected chi connectivity index (χ0v) is 16.7. The van der Waals surface area contributed by atoms with E-state index in [0.29, 0.717) is 31.1 Å². The summed E-state index contributed by atoms with van der Waals surface area (Å²) < 4.78 is 44.3. The molecule has 2 aromatic rings. The highest BCUT2D eigenvalue weighted by Crippen LogP contribution is 2.33. The minimum atomic E-state index is -0.760. The molecule has 0 spiro atoms. The summed E-state index contributed by atoms with van der Waals surface area (Å²) >= 11 is 1.51. The molecule has 4 nitrogen and oxygen atoms in total. The molecule has 1 heterocycles. The van der Waals surface area contributed by atoms with Crippen molar-refractivity contribution < 1.29 is 27.8 Å². The van der Waals surface area contributed by atoms with Crippen LogP contribution in [0.1, 0.15) is 37.5 Å². The summed E-state index contributed by atoms with van der Waals surface area (Å²) in [7, 11) is 0. The fraction of sp³-hybridized carbons (Fsp3) is 0.476. The number of benzene rings is 1. The molecule has 0 radical (unpaired) electrons. The molecule has 0 bridgehead atoms. The smallest absolute Gasteiger partial charge is 0.305 e. The van der Waals surface area contributed by atoms with Gasteiger partial charge in [-0.1, -0.05) is 0 Å². The maximum Gasteiger partial charge on any atom is 0.305 e. The van der Waals surface area contributed by atoms with Crippen LogP contribution in [0.3, 0.4) is 0 Å². The minimum Gasteiger partial charge on any atom is -0.488 e. The molecule has 152 valence electrons. The maximum absolute atomic E-state index is 14.3. The van der Waals surface area contributed by atoms with Crippen LogP contribution in [0.2, 0.25) is 0 Å². The SMILES string of the molecule is CCOC(=O)CCCOc1c(F)cc(-c2csc(COCC3CC3)c2)cc1F. The van der Waals surface area contributed by atoms with Crippen LogP contribution in [-0.2, 0) is 20.9 Å². The summed E-state index contributed by atoms with van der Waals surface area (Å²) in [6, 6.07) is 4.42. The molecule has 1 aliphatic rings. The van der Waals surface area contributed by atoms with Gasteiger partial charge >= 0.3 is 5.97 Å². The van der Waals surface area contributed by atoms with Gasteiger partial charge in [0.15, 0.2) is 17.4 Å². The predicted molar refractivity (Wildman–Crippen MR) is 103 cm³/mol. The lowest BCUT2D eigenvalue weighted by molar-refractivity contribution is -0.143. The van der Waals surface area contributed by atoms with Gasteiger partial charge < -0.3 is 14.2 Å². The first-order valence-electron chi connectivity index (χ1n) is 9.49. The van der Waals surface area contributed by atoms with Crippen LogP contribution >= 0.6 is 11.3 Å². The van der Waals surface area contributed by atoms with Crippen LogP contribution in [0, 0.1) is 17.6 Å². The van der Waals surface area contributed by atoms with Crippen LogP contribution in [-0.4, -0.2) is 25.8 Å². The molecule has 1 saturated carbocycles. The van der Waals surface area contributed by atoms with Crippen molar-refractivity contribution in [3.05, 3.63) is 40.1 Å². The standard InChI is InChI=1S/C21H24F2O4S/c1-2-26-20(24)4-3-7-27-21-18(22)9-15(10-19(21)23)16-8-17(28-13-16)12-25-11-14-5-6-14/h8-10,13-14H,2-7,11-12H2,1H3. The van der Waals surface area contributed by atoms with Gasteiger partial charge in [0.25, 0.3) is 0 Å². The second-order valence-corrected chi connectivity index (χ2v) is 7.78. The Hall–Kier alpha value is -1.99. The van der Waals surface area contributed by atoms with Gasteiger partial charge in [0.1, 0.15) is 0 Å². The van der Waals surface area contributed by atoms with Gasteiger partial charge in [-0.05, 0) is 66.8 Å². The Kier molecular flexibility index (Phi) is 7.39. The van der Waals surface area contributed by atoms with Crippen molar-refractivity contribution in [2.75, 3.05) is 19.8 Å². The van der Waals surface area contributed by atoms with Crippen molar-refractivity contribution in [3.63, 3.8) is 0 Å². The van der Waals surface area contributed by atoms with Gasteiger partial charge in [-0.2, -0.15) is 0 Å². The van der Waals surface area contributed by atoms with E-state index in [4.69, 9.17) is 14.2 Å². The lowest BCUT2D eigenvalue weighted by Gasteiger charge is -2.10. The van der Waals surface area contributed by atoms with E-state index in [-0.39, 0.29) is 19.0 Å². The summed E-state index contributed by atoms with van der Waals surface area (Å²) in [5.74, 6) is -1.59. The third kappa shape index (κ3) is 6.01. The molecular weight excluding hydrogens is 386 g/mol. The minimum absolute atomic E-state index is 0.0347. The normalized spacial score (nSPS) is 13.5. The lowest BCUT2D eigenvalue weighted by atomic mass is 10.1. The van der Waals surface area contributed by atoms with Crippen molar-refractivity contribution in [2.45, 2.75) is 39.2 Å². The van der Waals surface area contributed by atoms with Crippen LogP contribution in [0.15, 0.2) is 23.6 Å². The summed E-state index contributed by atoms with van der Waals surface area (Å²) in [5, 5.41) is 1.86. The number of carbonyl (C=O) groups excluding carboxylic acids is 1. The first kappa shape index (κ1) is 20.7. The van der Waals surface area contributed by atoms with Gasteiger partial charge in [-0.15, -0.1) is 11.3 Å². The van der Waals surface area contributed by atoms with Crippen LogP contribution < -0.4 is 4.74 Å². The summed E-state index contributed by atoms with van der Waals surface area (Å²) in [4.78, 5) is 12.3. The predicted octanol–water partition coefficient (Wildman–Crippen LogP) is 5.34. The molecule has 28 heavy (non-hydrogen) atoms. The van der Waals surface area contributed by atoms with E-state index in [1.165, 1.54) is 36.3 Å². The second-order valence-electron chi connectivity index (χ2n) is 6.79. The number of ether oxygens (including phenoxy) is 3. The van der Waals surface area contributed by atoms with Crippen molar-refractivity contribution in [1.29, 1.82) is 0 Å². The number of carbonyl (C=O) groups is 1. The molecule has 7 heteroatoms. The average Bonchev–Trinajstić information content (AvgIpc) is 3.36. The first-order chi connectivity index (χ1) is 13.6. The Balaban J connectivity index is 1.55. The zero-order valence-electron chi connectivity index (χ0n) is 15.8. The Morgan fingerprint density at radius 2 is 1.93 bits per heavy atom. The van der Waals surface area contributed by atoms with Gasteiger partial charge in [0.2, 0.25) is 0 Å². The molecule has 1 aliphatic carbocycles. The van der Waals surface area contributed by atoms with E-state index >= 15 is 0 Å². The molecule has 3 rings (SSSR count). The van der Waals surface area contributed by atoms with Gasteiger partial charge in [0, 0.05) is 17.9 Å². The summed E-state index contributed by atoms with van der Waals surface area (Å²) in [5.41, 5.74) is 1.21. The van der Waals surface area contributed by atoms with Crippen molar-refractivity contribution in [1.82, 2.24) is 0 Å². The average molecular weight is 410 g/mol. The Bertz CT molecular complexity index is 778. The summed E-state index contributed by atoms with van der Waals surface area (Å²) in [6.45, 7) is 3.36. The summed E-state index contributed by atoms with van der Waals surface area (Å²) in [6.07, 6.45) is 2.96. The highest BCUT2D eigenvalue weighted by atomic mass is 32.1. The number of hydrogen-bond donors (Lipinski definition) is 0. The van der Waals surface area contributed by atoms with Gasteiger partial charge in [0.05, 0.1) is 19.8 Å². The molecular formula is C21H24F2O4S. The number of thiophene rings is 1. The number of halogens is 2. The Labute approximate surface area is 167 Å². The molecule has 1 fully saturated rings. The highest BCUT2D eigenvalue weighted by Gasteiger charge is 2.21. The molecule has 0 N–H and O–H groups in total. The topological polar surface area (TPSA) is 44.8 Å². The molecule has 0 atom stereocenters. The molecule has 0 unspecified atom stereocenters. The number of rotatable bonds is 11. The quantitative estimate of drug-likeness (QED) is 0.370. The van der Waals surface area contributed by atoms with Crippen molar-refractivity contribution >= 4 is 17.3 Å². The maximum atomic E-state index is 14.3. The first-order valence-corrected chi connectivity index (χ1v) is 10.4. The molecule has 0 saturated heterocycles. The van der Waals surface area contributed by atoms with E-state index in [1.807, 2.05) is 11.4 Å². The lowest BCUT2D eigenvalue weighted by Crippen LogP contribution is -2.08. The highest BCUT2D eigenvalue weighted by molar-refractivity contribution is 7.10. The third-order valence-corrected chi connectivity index (χ3v) is 5.27. The fourth-order valence-corrected chi connectivity index (χ4v) is 3.54. The van der Waals surface area contributed by atoms with E-state index in [9.17, 15) is 13.6 Å². The van der Waals surface area contributed by atoms with Crippen LogP contribution in [0.5, 0.6) is 5.75 Å². The molecule has 1 aromatic carbocycles. The van der Waals surface area contributed by atoms with E-state index in [1.54, 1.807) is 6.92 Å². The van der Waals surface area contributed by atoms with Gasteiger partial charge in [-0.25, -0.2) is 8.78 Å². The van der Waals surface area contributed by atoms with Crippen LogP contribution in [0.25, 0.3) is 11.1 Å². The third-order valence-electron chi connectivity index (χ3n) is 4.36. The largest absolute Gasteiger partial charge is 0.488 e. The van der Waals surface area contributed by atoms with Crippen molar-refractivity contribution in [2.24, 2.45) is 5.92 Å². The molecule has 1 aromatic heterocycles. The van der Waals surface area contributed by atoms with E-state index in [0.717, 1.165) is 17.0 Å². The van der Waals surface area contributed by atoms with Crippen LogP contribution in [0.4, 0.5) is 8.78 Å². The van der Waals surface area contributed by atoms with E-state index in [2.05, 4.69) is 0 Å². The van der Waals surface area contributed by atoms with Crippen molar-refractivity contribution in [3.8, 4) is 16.9 Å². The second kappa shape index (κ2) is 9.98. The monoisotopic (exact) mass is 410 g/mol. The Morgan fingerprint density at radius 1 is 1.18 bits per heavy atom.